The largest absolute Gasteiger partial charge is 0.454 e. The van der Waals surface area contributed by atoms with Crippen LogP contribution in [0.5, 0.6) is 11.5 Å². The minimum absolute atomic E-state index is 0.0524. The molecule has 2 aliphatic rings. The lowest BCUT2D eigenvalue weighted by Crippen LogP contribution is -2.21. The number of benzene rings is 3. The Balaban J connectivity index is 1.48. The van der Waals surface area contributed by atoms with Gasteiger partial charge in [0, 0.05) is 12.1 Å². The first-order valence-corrected chi connectivity index (χ1v) is 8.53. The zero-order chi connectivity index (χ0) is 17.5. The van der Waals surface area contributed by atoms with Gasteiger partial charge in [-0.2, -0.15) is 5.10 Å². The molecule has 128 valence electrons. The molecule has 0 spiro atoms. The van der Waals surface area contributed by atoms with E-state index in [1.165, 1.54) is 0 Å². The summed E-state index contributed by atoms with van der Waals surface area (Å²) in [5.41, 5.74) is 5.14. The summed E-state index contributed by atoms with van der Waals surface area (Å²) in [5.74, 6) is 1.29. The molecule has 26 heavy (non-hydrogen) atoms. The van der Waals surface area contributed by atoms with Gasteiger partial charge in [0.25, 0.3) is 0 Å². The first kappa shape index (κ1) is 15.0. The lowest BCUT2D eigenvalue weighted by atomic mass is 9.89. The number of nitrogens with one attached hydrogen (secondary N) is 1. The molecule has 0 unspecified atom stereocenters. The van der Waals surface area contributed by atoms with Gasteiger partial charge in [-0.1, -0.05) is 42.5 Å². The van der Waals surface area contributed by atoms with E-state index in [-0.39, 0.29) is 18.5 Å². The number of hydrogen-bond acceptors (Lipinski definition) is 5. The normalized spacial score (nSPS) is 17.8. The fraction of sp³-hybridized carbons (Fsp3) is 0.143. The number of fused-ring (bicyclic) bond motifs is 2. The molecule has 0 saturated carbocycles. The van der Waals surface area contributed by atoms with Crippen molar-refractivity contribution in [3.63, 3.8) is 0 Å². The van der Waals surface area contributed by atoms with Crippen molar-refractivity contribution in [3.05, 3.63) is 71.8 Å². The standard InChI is InChI=1S/C21H16N2O3/c24-21(16-6-5-13-3-1-2-4-14(13)9-16)20-17(11-22-23-20)15-7-8-18-19(10-15)26-12-25-18/h1-10,17,22H,11-12H2/t17-/m1/s1. The second-order valence-corrected chi connectivity index (χ2v) is 6.42. The van der Waals surface area contributed by atoms with Crippen LogP contribution in [0.2, 0.25) is 0 Å². The van der Waals surface area contributed by atoms with Gasteiger partial charge in [0.2, 0.25) is 12.6 Å². The van der Waals surface area contributed by atoms with E-state index in [2.05, 4.69) is 10.5 Å². The SMILES string of the molecule is O=C(C1=NNC[C@@H]1c1ccc2c(c1)OCO2)c1ccc2ccccc2c1. The Morgan fingerprint density at radius 3 is 2.73 bits per heavy atom. The molecule has 1 N–H and O–H groups in total. The van der Waals surface area contributed by atoms with Gasteiger partial charge in [-0.3, -0.25) is 4.79 Å². The summed E-state index contributed by atoms with van der Waals surface area (Å²) in [6, 6.07) is 19.6. The van der Waals surface area contributed by atoms with E-state index in [0.29, 0.717) is 23.6 Å². The highest BCUT2D eigenvalue weighted by atomic mass is 16.7. The van der Waals surface area contributed by atoms with Gasteiger partial charge in [-0.05, 0) is 34.5 Å². The van der Waals surface area contributed by atoms with Crippen molar-refractivity contribution in [2.45, 2.75) is 5.92 Å². The number of ether oxygens (including phenoxy) is 2. The van der Waals surface area contributed by atoms with Crippen molar-refractivity contribution in [1.29, 1.82) is 0 Å². The zero-order valence-corrected chi connectivity index (χ0v) is 13.9. The third-order valence-corrected chi connectivity index (χ3v) is 4.87. The summed E-state index contributed by atoms with van der Waals surface area (Å²) >= 11 is 0. The molecule has 5 nitrogen and oxygen atoms in total. The van der Waals surface area contributed by atoms with E-state index in [4.69, 9.17) is 9.47 Å². The highest BCUT2D eigenvalue weighted by Gasteiger charge is 2.30. The van der Waals surface area contributed by atoms with Crippen LogP contribution in [0.1, 0.15) is 21.8 Å². The molecule has 0 radical (unpaired) electrons. The summed E-state index contributed by atoms with van der Waals surface area (Å²) < 4.78 is 10.8. The second kappa shape index (κ2) is 5.88. The Kier molecular flexibility index (Phi) is 3.38. The summed E-state index contributed by atoms with van der Waals surface area (Å²) in [4.78, 5) is 13.1. The molecule has 0 bridgehead atoms. The quantitative estimate of drug-likeness (QED) is 0.739. The molecule has 3 aromatic carbocycles. The summed E-state index contributed by atoms with van der Waals surface area (Å²) in [6.07, 6.45) is 0. The molecule has 0 fully saturated rings. The third-order valence-electron chi connectivity index (χ3n) is 4.87. The second-order valence-electron chi connectivity index (χ2n) is 6.42. The summed E-state index contributed by atoms with van der Waals surface area (Å²) in [5, 5.41) is 6.45. The van der Waals surface area contributed by atoms with Gasteiger partial charge in [-0.25, -0.2) is 0 Å². The molecule has 2 aliphatic heterocycles. The average molecular weight is 344 g/mol. The van der Waals surface area contributed by atoms with Crippen molar-refractivity contribution >= 4 is 22.3 Å². The van der Waals surface area contributed by atoms with E-state index in [1.54, 1.807) is 0 Å². The predicted molar refractivity (Wildman–Crippen MR) is 99.0 cm³/mol. The van der Waals surface area contributed by atoms with Crippen LogP contribution in [0.4, 0.5) is 0 Å². The Morgan fingerprint density at radius 2 is 1.81 bits per heavy atom. The van der Waals surface area contributed by atoms with E-state index in [1.807, 2.05) is 60.7 Å². The van der Waals surface area contributed by atoms with Crippen LogP contribution < -0.4 is 14.9 Å². The van der Waals surface area contributed by atoms with Crippen LogP contribution in [0, 0.1) is 0 Å². The fourth-order valence-electron chi connectivity index (χ4n) is 3.49. The van der Waals surface area contributed by atoms with Crippen LogP contribution in [0.15, 0.2) is 65.8 Å². The maximum atomic E-state index is 13.1. The first-order valence-electron chi connectivity index (χ1n) is 8.53. The van der Waals surface area contributed by atoms with Crippen molar-refractivity contribution < 1.29 is 14.3 Å². The maximum absolute atomic E-state index is 13.1. The van der Waals surface area contributed by atoms with Crippen LogP contribution in [-0.4, -0.2) is 24.8 Å². The highest BCUT2D eigenvalue weighted by molar-refractivity contribution is 6.48. The summed E-state index contributed by atoms with van der Waals surface area (Å²) in [6.45, 7) is 0.826. The fourth-order valence-corrected chi connectivity index (χ4v) is 3.49. The molecule has 0 saturated heterocycles. The lowest BCUT2D eigenvalue weighted by Gasteiger charge is -2.12. The molecule has 3 aromatic rings. The number of carbonyl (C=O) groups excluding carboxylic acids is 1. The molecule has 1 atom stereocenters. The molecular formula is C21H16N2O3. The van der Waals surface area contributed by atoms with Crippen molar-refractivity contribution in [1.82, 2.24) is 5.43 Å². The van der Waals surface area contributed by atoms with Gasteiger partial charge in [-0.15, -0.1) is 0 Å². The minimum atomic E-state index is -0.108. The van der Waals surface area contributed by atoms with E-state index >= 15 is 0 Å². The van der Waals surface area contributed by atoms with E-state index in [9.17, 15) is 4.79 Å². The topological polar surface area (TPSA) is 59.9 Å². The lowest BCUT2D eigenvalue weighted by molar-refractivity contribution is 0.106. The Morgan fingerprint density at radius 1 is 0.962 bits per heavy atom. The number of Topliss-reactive ketones (excluding diaryl/α,β-unsaturated/α-hetero) is 1. The first-order chi connectivity index (χ1) is 12.8. The summed E-state index contributed by atoms with van der Waals surface area (Å²) in [7, 11) is 0. The van der Waals surface area contributed by atoms with E-state index in [0.717, 1.165) is 22.1 Å². The van der Waals surface area contributed by atoms with Gasteiger partial charge in [0.15, 0.2) is 11.5 Å². The average Bonchev–Trinajstić information content (AvgIpc) is 3.35. The molecule has 2 heterocycles. The van der Waals surface area contributed by atoms with Crippen LogP contribution in [0.25, 0.3) is 10.8 Å². The van der Waals surface area contributed by atoms with Crippen molar-refractivity contribution in [2.24, 2.45) is 5.10 Å². The predicted octanol–water partition coefficient (Wildman–Crippen LogP) is 3.49. The monoisotopic (exact) mass is 344 g/mol. The maximum Gasteiger partial charge on any atom is 0.231 e. The number of nitrogens with zero attached hydrogens (tertiary/aromatic N) is 1. The van der Waals surface area contributed by atoms with Crippen LogP contribution in [-0.2, 0) is 0 Å². The van der Waals surface area contributed by atoms with Gasteiger partial charge < -0.3 is 14.9 Å². The van der Waals surface area contributed by atoms with Gasteiger partial charge in [0.1, 0.15) is 5.71 Å². The van der Waals surface area contributed by atoms with Gasteiger partial charge >= 0.3 is 0 Å². The smallest absolute Gasteiger partial charge is 0.231 e. The van der Waals surface area contributed by atoms with Crippen molar-refractivity contribution in [2.75, 3.05) is 13.3 Å². The Hall–Kier alpha value is -3.34. The number of hydrazone groups is 1. The Bertz CT molecular complexity index is 1060. The minimum Gasteiger partial charge on any atom is -0.454 e. The number of ketones is 1. The Labute approximate surface area is 150 Å². The van der Waals surface area contributed by atoms with Crippen LogP contribution in [0.3, 0.4) is 0 Å². The molecule has 0 aromatic heterocycles. The number of carbonyl (C=O) groups is 1. The van der Waals surface area contributed by atoms with E-state index < -0.39 is 0 Å². The van der Waals surface area contributed by atoms with Gasteiger partial charge in [0.05, 0.1) is 5.92 Å². The molecular weight excluding hydrogens is 328 g/mol. The molecule has 0 amide bonds. The number of rotatable bonds is 3. The molecule has 5 rings (SSSR count). The van der Waals surface area contributed by atoms with Crippen molar-refractivity contribution in [3.8, 4) is 11.5 Å². The zero-order valence-electron chi connectivity index (χ0n) is 13.9. The molecule has 0 aliphatic carbocycles. The third kappa shape index (κ3) is 2.40. The number of hydrogen-bond donors (Lipinski definition) is 1. The van der Waals surface area contributed by atoms with Crippen LogP contribution >= 0.6 is 0 Å². The highest BCUT2D eigenvalue weighted by Crippen LogP contribution is 2.35. The molecule has 5 heteroatoms.